The first-order valence-corrected chi connectivity index (χ1v) is 5.37. The van der Waals surface area contributed by atoms with Gasteiger partial charge in [0.15, 0.2) is 0 Å². The van der Waals surface area contributed by atoms with Crippen molar-refractivity contribution < 1.29 is 9.59 Å². The fraction of sp³-hybridized carbons (Fsp3) is 0.833. The first-order valence-electron chi connectivity index (χ1n) is 5.37. The Bertz CT molecular complexity index is 243. The van der Waals surface area contributed by atoms with Crippen molar-refractivity contribution in [3.63, 3.8) is 0 Å². The number of rotatable bonds is 3. The highest BCUT2D eigenvalue weighted by Gasteiger charge is 2.21. The second kappa shape index (κ2) is 4.77. The third-order valence-electron chi connectivity index (χ3n) is 1.84. The smallest absolute Gasteiger partial charge is 0.287 e. The summed E-state index contributed by atoms with van der Waals surface area (Å²) in [6.45, 7) is 11.8. The normalized spacial score (nSPS) is 12.4. The molecule has 0 bridgehead atoms. The van der Waals surface area contributed by atoms with E-state index in [0.717, 1.165) is 6.42 Å². The van der Waals surface area contributed by atoms with Crippen LogP contribution < -0.4 is 5.32 Å². The maximum Gasteiger partial charge on any atom is 0.287 e. The van der Waals surface area contributed by atoms with Crippen molar-refractivity contribution in [2.45, 2.75) is 59.9 Å². The zero-order chi connectivity index (χ0) is 12.3. The number of hydrogen-bond donors (Lipinski definition) is 1. The summed E-state index contributed by atoms with van der Waals surface area (Å²) in [6.07, 6.45) is 1.06. The van der Waals surface area contributed by atoms with Gasteiger partial charge in [-0.3, -0.25) is 9.59 Å². The molecular weight excluding hydrogens is 190 g/mol. The van der Waals surface area contributed by atoms with Crippen LogP contribution in [0.5, 0.6) is 0 Å². The molecule has 0 saturated heterocycles. The molecule has 0 heterocycles. The van der Waals surface area contributed by atoms with Crippen LogP contribution in [0.2, 0.25) is 0 Å². The van der Waals surface area contributed by atoms with E-state index in [4.69, 9.17) is 0 Å². The van der Waals surface area contributed by atoms with Gasteiger partial charge in [0.1, 0.15) is 0 Å². The van der Waals surface area contributed by atoms with E-state index in [1.54, 1.807) is 0 Å². The highest BCUT2D eigenvalue weighted by molar-refractivity contribution is 6.36. The van der Waals surface area contributed by atoms with Crippen LogP contribution in [0.25, 0.3) is 0 Å². The molecule has 88 valence electrons. The van der Waals surface area contributed by atoms with E-state index in [0.29, 0.717) is 6.42 Å². The zero-order valence-corrected chi connectivity index (χ0v) is 10.7. The highest BCUT2D eigenvalue weighted by Crippen LogP contribution is 2.20. The maximum atomic E-state index is 11.5. The summed E-state index contributed by atoms with van der Waals surface area (Å²) in [5, 5.41) is 2.67. The van der Waals surface area contributed by atoms with Gasteiger partial charge >= 0.3 is 0 Å². The molecule has 0 radical (unpaired) electrons. The van der Waals surface area contributed by atoms with Gasteiger partial charge in [-0.15, -0.1) is 0 Å². The number of Topliss-reactive ketones (excluding diaryl/α,β-unsaturated/α-hetero) is 1. The van der Waals surface area contributed by atoms with Crippen LogP contribution in [0.1, 0.15) is 54.4 Å². The molecule has 0 aliphatic rings. The van der Waals surface area contributed by atoms with Gasteiger partial charge in [0.25, 0.3) is 5.91 Å². The SMILES string of the molecule is CC(C)(C)CCC(=O)C(=O)NC(C)(C)C. The van der Waals surface area contributed by atoms with Crippen LogP contribution in [0.4, 0.5) is 0 Å². The van der Waals surface area contributed by atoms with Gasteiger partial charge < -0.3 is 5.32 Å². The largest absolute Gasteiger partial charge is 0.345 e. The number of carbonyl (C=O) groups excluding carboxylic acids is 2. The second-order valence-electron chi connectivity index (χ2n) is 6.19. The predicted molar refractivity (Wildman–Crippen MR) is 61.6 cm³/mol. The Labute approximate surface area is 92.6 Å². The first-order chi connectivity index (χ1) is 6.51. The van der Waals surface area contributed by atoms with Crippen LogP contribution in [-0.4, -0.2) is 17.2 Å². The van der Waals surface area contributed by atoms with Crippen molar-refractivity contribution in [3.8, 4) is 0 Å². The Balaban J connectivity index is 4.08. The van der Waals surface area contributed by atoms with E-state index in [2.05, 4.69) is 26.1 Å². The zero-order valence-electron chi connectivity index (χ0n) is 10.7. The molecule has 0 spiro atoms. The molecule has 1 N–H and O–H groups in total. The van der Waals surface area contributed by atoms with Crippen LogP contribution >= 0.6 is 0 Å². The van der Waals surface area contributed by atoms with Crippen LogP contribution in [-0.2, 0) is 9.59 Å². The molecule has 0 atom stereocenters. The van der Waals surface area contributed by atoms with Crippen molar-refractivity contribution in [1.29, 1.82) is 0 Å². The van der Waals surface area contributed by atoms with Gasteiger partial charge in [-0.25, -0.2) is 0 Å². The Morgan fingerprint density at radius 2 is 1.47 bits per heavy atom. The number of ketones is 1. The van der Waals surface area contributed by atoms with Gasteiger partial charge in [0.05, 0.1) is 0 Å². The van der Waals surface area contributed by atoms with Crippen LogP contribution in [0.15, 0.2) is 0 Å². The molecule has 0 aliphatic heterocycles. The summed E-state index contributed by atoms with van der Waals surface area (Å²) in [4.78, 5) is 22.9. The number of carbonyl (C=O) groups is 2. The predicted octanol–water partition coefficient (Wildman–Crippen LogP) is 2.30. The molecule has 0 rings (SSSR count). The fourth-order valence-corrected chi connectivity index (χ4v) is 1.01. The van der Waals surface area contributed by atoms with Gasteiger partial charge in [-0.05, 0) is 32.6 Å². The lowest BCUT2D eigenvalue weighted by atomic mass is 9.89. The van der Waals surface area contributed by atoms with Gasteiger partial charge in [0, 0.05) is 12.0 Å². The Hall–Kier alpha value is -0.860. The Kier molecular flexibility index (Phi) is 4.50. The minimum absolute atomic E-state index is 0.0949. The van der Waals surface area contributed by atoms with Crippen molar-refractivity contribution in [2.75, 3.05) is 0 Å². The molecule has 0 aliphatic carbocycles. The molecular formula is C12H23NO2. The van der Waals surface area contributed by atoms with Crippen LogP contribution in [0, 0.1) is 5.41 Å². The maximum absolute atomic E-state index is 11.5. The van der Waals surface area contributed by atoms with E-state index in [1.807, 2.05) is 20.8 Å². The topological polar surface area (TPSA) is 46.2 Å². The van der Waals surface area contributed by atoms with Crippen LogP contribution in [0.3, 0.4) is 0 Å². The lowest BCUT2D eigenvalue weighted by Crippen LogP contribution is -2.44. The number of amides is 1. The molecule has 0 unspecified atom stereocenters. The number of hydrogen-bond acceptors (Lipinski definition) is 2. The Morgan fingerprint density at radius 3 is 1.80 bits per heavy atom. The molecule has 0 aromatic carbocycles. The summed E-state index contributed by atoms with van der Waals surface area (Å²) in [6, 6.07) is 0. The lowest BCUT2D eigenvalue weighted by Gasteiger charge is -2.21. The lowest BCUT2D eigenvalue weighted by molar-refractivity contribution is -0.139. The number of nitrogens with one attached hydrogen (secondary N) is 1. The monoisotopic (exact) mass is 213 g/mol. The molecule has 0 fully saturated rings. The molecule has 15 heavy (non-hydrogen) atoms. The molecule has 1 amide bonds. The fourth-order valence-electron chi connectivity index (χ4n) is 1.01. The summed E-state index contributed by atoms with van der Waals surface area (Å²) in [5.41, 5.74) is -0.244. The second-order valence-corrected chi connectivity index (χ2v) is 6.19. The molecule has 0 aromatic heterocycles. The van der Waals surface area contributed by atoms with Crippen molar-refractivity contribution >= 4 is 11.7 Å². The van der Waals surface area contributed by atoms with Crippen molar-refractivity contribution in [3.05, 3.63) is 0 Å². The average Bonchev–Trinajstić information content (AvgIpc) is 1.95. The van der Waals surface area contributed by atoms with Gasteiger partial charge in [-0.2, -0.15) is 0 Å². The third kappa shape index (κ3) is 8.16. The van der Waals surface area contributed by atoms with Crippen molar-refractivity contribution in [1.82, 2.24) is 5.32 Å². The minimum atomic E-state index is -0.466. The van der Waals surface area contributed by atoms with E-state index >= 15 is 0 Å². The molecule has 3 heteroatoms. The van der Waals surface area contributed by atoms with E-state index in [-0.39, 0.29) is 16.7 Å². The summed E-state index contributed by atoms with van der Waals surface area (Å²) < 4.78 is 0. The van der Waals surface area contributed by atoms with Gasteiger partial charge in [0.2, 0.25) is 5.78 Å². The standard InChI is InChI=1S/C12H23NO2/c1-11(2,3)8-7-9(14)10(15)13-12(4,5)6/h7-8H2,1-6H3,(H,13,15). The summed E-state index contributed by atoms with van der Waals surface area (Å²) in [5.74, 6) is -0.786. The molecule has 3 nitrogen and oxygen atoms in total. The molecule has 0 saturated carbocycles. The first kappa shape index (κ1) is 14.1. The van der Waals surface area contributed by atoms with Crippen molar-refractivity contribution in [2.24, 2.45) is 5.41 Å². The summed E-state index contributed by atoms with van der Waals surface area (Å²) >= 11 is 0. The quantitative estimate of drug-likeness (QED) is 0.731. The highest BCUT2D eigenvalue weighted by atomic mass is 16.2. The average molecular weight is 213 g/mol. The third-order valence-corrected chi connectivity index (χ3v) is 1.84. The van der Waals surface area contributed by atoms with E-state index in [1.165, 1.54) is 0 Å². The molecule has 0 aromatic rings. The van der Waals surface area contributed by atoms with Gasteiger partial charge in [-0.1, -0.05) is 20.8 Å². The Morgan fingerprint density at radius 1 is 1.00 bits per heavy atom. The minimum Gasteiger partial charge on any atom is -0.345 e. The van der Waals surface area contributed by atoms with E-state index < -0.39 is 5.91 Å². The summed E-state index contributed by atoms with van der Waals surface area (Å²) in [7, 11) is 0. The van der Waals surface area contributed by atoms with E-state index in [9.17, 15) is 9.59 Å².